The fourth-order valence-electron chi connectivity index (χ4n) is 2.79. The number of aliphatic carboxylic acids is 1. The lowest BCUT2D eigenvalue weighted by Gasteiger charge is -2.22. The number of carbonyl (C=O) groups is 5. The van der Waals surface area contributed by atoms with Crippen molar-refractivity contribution in [3.63, 3.8) is 0 Å². The van der Waals surface area contributed by atoms with E-state index >= 15 is 0 Å². The summed E-state index contributed by atoms with van der Waals surface area (Å²) in [5, 5.41) is 25.7. The minimum absolute atomic E-state index is 0.00320. The molecule has 33 heavy (non-hydrogen) atoms. The van der Waals surface area contributed by atoms with Gasteiger partial charge in [0.15, 0.2) is 0 Å². The molecule has 0 saturated heterocycles. The van der Waals surface area contributed by atoms with Gasteiger partial charge in [-0.1, -0.05) is 32.4 Å². The van der Waals surface area contributed by atoms with Crippen molar-refractivity contribution in [1.29, 1.82) is 0 Å². The van der Waals surface area contributed by atoms with Crippen LogP contribution in [0.3, 0.4) is 0 Å². The van der Waals surface area contributed by atoms with Gasteiger partial charge in [0.25, 0.3) is 0 Å². The molecule has 0 bridgehead atoms. The molecule has 0 aliphatic rings. The molecule has 0 heterocycles. The molecular weight excluding hydrogens is 434 g/mol. The molecule has 1 aromatic carbocycles. The van der Waals surface area contributed by atoms with Crippen molar-refractivity contribution in [2.45, 2.75) is 51.2 Å². The maximum absolute atomic E-state index is 12.7. The highest BCUT2D eigenvalue weighted by molar-refractivity contribution is 5.93. The number of hydrogen-bond acceptors (Lipinski definition) is 7. The molecule has 12 nitrogen and oxygen atoms in total. The van der Waals surface area contributed by atoms with Gasteiger partial charge in [0.1, 0.15) is 17.8 Å². The van der Waals surface area contributed by atoms with Crippen LogP contribution in [0.5, 0.6) is 5.75 Å². The third-order valence-corrected chi connectivity index (χ3v) is 5.03. The molecule has 0 fully saturated rings. The highest BCUT2D eigenvalue weighted by Gasteiger charge is 2.28. The van der Waals surface area contributed by atoms with Crippen molar-refractivity contribution in [2.75, 3.05) is 6.54 Å². The van der Waals surface area contributed by atoms with Crippen molar-refractivity contribution >= 4 is 29.6 Å². The smallest absolute Gasteiger partial charge is 0.326 e. The molecule has 12 heteroatoms. The molecule has 4 atom stereocenters. The lowest BCUT2D eigenvalue weighted by Crippen LogP contribution is -2.55. The predicted octanol–water partition coefficient (Wildman–Crippen LogP) is -1.65. The number of carboxylic acids is 1. The largest absolute Gasteiger partial charge is 0.508 e. The molecule has 1 rings (SSSR count). The molecule has 0 spiro atoms. The summed E-state index contributed by atoms with van der Waals surface area (Å²) in [6, 6.07) is 2.19. The van der Waals surface area contributed by atoms with Crippen LogP contribution in [0.25, 0.3) is 0 Å². The first-order chi connectivity index (χ1) is 15.4. The summed E-state index contributed by atoms with van der Waals surface area (Å²) < 4.78 is 0. The minimum Gasteiger partial charge on any atom is -0.508 e. The third-order valence-electron chi connectivity index (χ3n) is 5.03. The Morgan fingerprint density at radius 1 is 1.00 bits per heavy atom. The van der Waals surface area contributed by atoms with Crippen molar-refractivity contribution < 1.29 is 34.2 Å². The van der Waals surface area contributed by atoms with Gasteiger partial charge in [0.2, 0.25) is 23.6 Å². The Hall–Kier alpha value is -3.67. The van der Waals surface area contributed by atoms with Gasteiger partial charge in [0.05, 0.1) is 19.0 Å². The number of benzene rings is 1. The molecule has 4 amide bonds. The van der Waals surface area contributed by atoms with E-state index in [0.29, 0.717) is 12.0 Å². The lowest BCUT2D eigenvalue weighted by molar-refractivity contribution is -0.143. The number of nitrogens with one attached hydrogen (secondary N) is 3. The number of phenolic OH excluding ortho intramolecular Hbond substituents is 1. The van der Waals surface area contributed by atoms with Gasteiger partial charge in [-0.25, -0.2) is 4.79 Å². The molecule has 4 unspecified atom stereocenters. The Labute approximate surface area is 191 Å². The fraction of sp³-hybridized carbons (Fsp3) is 0.476. The average Bonchev–Trinajstić information content (AvgIpc) is 2.76. The monoisotopic (exact) mass is 465 g/mol. The first kappa shape index (κ1) is 27.4. The van der Waals surface area contributed by atoms with Crippen LogP contribution in [-0.2, 0) is 30.4 Å². The van der Waals surface area contributed by atoms with E-state index in [0.717, 1.165) is 0 Å². The summed E-state index contributed by atoms with van der Waals surface area (Å²) in [5.74, 6) is -4.60. The van der Waals surface area contributed by atoms with Crippen molar-refractivity contribution in [3.8, 4) is 5.75 Å². The van der Waals surface area contributed by atoms with Gasteiger partial charge in [-0.3, -0.25) is 19.2 Å². The minimum atomic E-state index is -1.58. The number of primary amides is 1. The van der Waals surface area contributed by atoms with Crippen molar-refractivity contribution in [1.82, 2.24) is 16.0 Å². The maximum Gasteiger partial charge on any atom is 0.326 e. The van der Waals surface area contributed by atoms with E-state index in [1.807, 2.05) is 6.92 Å². The van der Waals surface area contributed by atoms with Crippen LogP contribution in [0.2, 0.25) is 0 Å². The number of rotatable bonds is 13. The zero-order valence-electron chi connectivity index (χ0n) is 18.5. The van der Waals surface area contributed by atoms with Crippen LogP contribution in [0.4, 0.5) is 0 Å². The number of nitrogens with two attached hydrogens (primary N) is 2. The van der Waals surface area contributed by atoms with Gasteiger partial charge in [-0.05, 0) is 23.6 Å². The van der Waals surface area contributed by atoms with E-state index in [1.54, 1.807) is 6.92 Å². The Balaban J connectivity index is 2.90. The molecule has 0 radical (unpaired) electrons. The second-order valence-electron chi connectivity index (χ2n) is 7.69. The Kier molecular flexibility index (Phi) is 10.8. The van der Waals surface area contributed by atoms with E-state index in [9.17, 15) is 34.2 Å². The molecule has 0 aliphatic carbocycles. The average molecular weight is 466 g/mol. The third kappa shape index (κ3) is 9.56. The Morgan fingerprint density at radius 2 is 1.61 bits per heavy atom. The van der Waals surface area contributed by atoms with Gasteiger partial charge in [-0.15, -0.1) is 0 Å². The van der Waals surface area contributed by atoms with E-state index in [1.165, 1.54) is 24.3 Å². The number of phenols is 1. The van der Waals surface area contributed by atoms with Crippen LogP contribution < -0.4 is 27.4 Å². The maximum atomic E-state index is 12.7. The summed E-state index contributed by atoms with van der Waals surface area (Å²) in [7, 11) is 0. The Morgan fingerprint density at radius 3 is 2.12 bits per heavy atom. The molecule has 9 N–H and O–H groups in total. The topological polar surface area (TPSA) is 214 Å². The standard InChI is InChI=1S/C21H31N5O7/c1-3-11(2)18(23)20(31)24-10-17(29)25-14(8-12-4-6-13(27)7-5-12)19(30)26-15(21(32)33)9-16(22)28/h4-7,11,14-15,18,27H,3,8-10,23H2,1-2H3,(H2,22,28)(H,24,31)(H,25,29)(H,26,30)(H,32,33). The van der Waals surface area contributed by atoms with Gasteiger partial charge in [0, 0.05) is 6.42 Å². The van der Waals surface area contributed by atoms with Crippen LogP contribution in [-0.4, -0.2) is 64.5 Å². The number of aromatic hydroxyl groups is 1. The van der Waals surface area contributed by atoms with Crippen LogP contribution in [0, 0.1) is 5.92 Å². The highest BCUT2D eigenvalue weighted by atomic mass is 16.4. The fourth-order valence-corrected chi connectivity index (χ4v) is 2.79. The van der Waals surface area contributed by atoms with Crippen LogP contribution in [0.15, 0.2) is 24.3 Å². The van der Waals surface area contributed by atoms with E-state index in [2.05, 4.69) is 16.0 Å². The SMILES string of the molecule is CCC(C)C(N)C(=O)NCC(=O)NC(Cc1ccc(O)cc1)C(=O)NC(CC(N)=O)C(=O)O. The summed E-state index contributed by atoms with van der Waals surface area (Å²) in [5.41, 5.74) is 11.4. The molecular formula is C21H31N5O7. The molecule has 1 aromatic rings. The van der Waals surface area contributed by atoms with Crippen LogP contribution in [0.1, 0.15) is 32.3 Å². The Bertz CT molecular complexity index is 859. The van der Waals surface area contributed by atoms with E-state index in [-0.39, 0.29) is 18.1 Å². The summed E-state index contributed by atoms with van der Waals surface area (Å²) in [6.45, 7) is 3.22. The number of amides is 4. The van der Waals surface area contributed by atoms with Gasteiger partial charge in [-0.2, -0.15) is 0 Å². The second-order valence-corrected chi connectivity index (χ2v) is 7.69. The number of carbonyl (C=O) groups excluding carboxylic acids is 4. The van der Waals surface area contributed by atoms with Gasteiger partial charge < -0.3 is 37.6 Å². The van der Waals surface area contributed by atoms with Crippen molar-refractivity contribution in [3.05, 3.63) is 29.8 Å². The van der Waals surface area contributed by atoms with E-state index in [4.69, 9.17) is 11.5 Å². The molecule has 182 valence electrons. The van der Waals surface area contributed by atoms with Gasteiger partial charge >= 0.3 is 5.97 Å². The summed E-state index contributed by atoms with van der Waals surface area (Å²) in [4.78, 5) is 59.6. The summed E-state index contributed by atoms with van der Waals surface area (Å²) >= 11 is 0. The predicted molar refractivity (Wildman–Crippen MR) is 118 cm³/mol. The first-order valence-electron chi connectivity index (χ1n) is 10.4. The number of carboxylic acid groups (broad SMARTS) is 1. The molecule has 0 aliphatic heterocycles. The normalized spacial score (nSPS) is 14.3. The van der Waals surface area contributed by atoms with Crippen molar-refractivity contribution in [2.24, 2.45) is 17.4 Å². The highest BCUT2D eigenvalue weighted by Crippen LogP contribution is 2.12. The zero-order valence-corrected chi connectivity index (χ0v) is 18.5. The first-order valence-corrected chi connectivity index (χ1v) is 10.4. The second kappa shape index (κ2) is 13.0. The lowest BCUT2D eigenvalue weighted by atomic mass is 9.99. The zero-order chi connectivity index (χ0) is 25.1. The number of hydrogen-bond donors (Lipinski definition) is 7. The molecule has 0 saturated carbocycles. The van der Waals surface area contributed by atoms with E-state index < -0.39 is 60.7 Å². The quantitative estimate of drug-likeness (QED) is 0.179. The van der Waals surface area contributed by atoms with Crippen LogP contribution >= 0.6 is 0 Å². The summed E-state index contributed by atoms with van der Waals surface area (Å²) in [6.07, 6.45) is -0.0166. The molecule has 0 aromatic heterocycles.